The van der Waals surface area contributed by atoms with Crippen molar-refractivity contribution >= 4 is 0 Å². The number of likely N-dealkylation sites (N-methyl/N-ethyl adjacent to an activating group) is 1. The van der Waals surface area contributed by atoms with Gasteiger partial charge in [0.25, 0.3) is 0 Å². The second-order valence-corrected chi connectivity index (χ2v) is 2.80. The number of nitrogens with zero attached hydrogens (tertiary/aromatic N) is 1. The summed E-state index contributed by atoms with van der Waals surface area (Å²) in [5.74, 6) is 0. The molecule has 1 atom stereocenters. The van der Waals surface area contributed by atoms with Crippen molar-refractivity contribution in [1.82, 2.24) is 10.4 Å². The highest BCUT2D eigenvalue weighted by atomic mass is 16.6. The van der Waals surface area contributed by atoms with Crippen LogP contribution in [0, 0.1) is 0 Å². The number of hydrogen-bond donors (Lipinski definition) is 1. The molecule has 0 aromatic rings. The molecule has 0 aliphatic carbocycles. The zero-order chi connectivity index (χ0) is 7.40. The Kier molecular flexibility index (Phi) is 3.12. The second kappa shape index (κ2) is 3.91. The Morgan fingerprint density at radius 3 is 3.00 bits per heavy atom. The first-order valence-corrected chi connectivity index (χ1v) is 3.88. The van der Waals surface area contributed by atoms with Crippen molar-refractivity contribution in [1.29, 1.82) is 0 Å². The molecular weight excluding hydrogens is 128 g/mol. The van der Waals surface area contributed by atoms with Crippen LogP contribution in [-0.4, -0.2) is 37.7 Å². The van der Waals surface area contributed by atoms with E-state index < -0.39 is 0 Å². The summed E-state index contributed by atoms with van der Waals surface area (Å²) in [5, 5.41) is 0. The van der Waals surface area contributed by atoms with Crippen LogP contribution in [0.2, 0.25) is 0 Å². The van der Waals surface area contributed by atoms with Crippen LogP contribution < -0.4 is 5.48 Å². The SMILES string of the molecule is CCONC1CCN(C)C1. The van der Waals surface area contributed by atoms with Crippen LogP contribution in [0.15, 0.2) is 0 Å². The fourth-order valence-electron chi connectivity index (χ4n) is 1.23. The Hall–Kier alpha value is -0.120. The van der Waals surface area contributed by atoms with E-state index in [1.807, 2.05) is 6.92 Å². The van der Waals surface area contributed by atoms with Gasteiger partial charge < -0.3 is 9.74 Å². The van der Waals surface area contributed by atoms with E-state index in [2.05, 4.69) is 17.4 Å². The van der Waals surface area contributed by atoms with Crippen LogP contribution in [0.25, 0.3) is 0 Å². The highest BCUT2D eigenvalue weighted by molar-refractivity contribution is 4.75. The molecule has 1 rings (SSSR count). The van der Waals surface area contributed by atoms with Gasteiger partial charge in [-0.05, 0) is 26.9 Å². The molecule has 1 aliphatic heterocycles. The molecule has 1 heterocycles. The number of rotatable bonds is 3. The highest BCUT2D eigenvalue weighted by Gasteiger charge is 2.18. The largest absolute Gasteiger partial charge is 0.305 e. The molecule has 1 unspecified atom stereocenters. The van der Waals surface area contributed by atoms with E-state index in [0.29, 0.717) is 6.04 Å². The Morgan fingerprint density at radius 1 is 1.70 bits per heavy atom. The van der Waals surface area contributed by atoms with Gasteiger partial charge in [0.2, 0.25) is 0 Å². The summed E-state index contributed by atoms with van der Waals surface area (Å²) in [5.41, 5.74) is 3.02. The third kappa shape index (κ3) is 2.25. The predicted molar refractivity (Wildman–Crippen MR) is 40.7 cm³/mol. The standard InChI is InChI=1S/C7H16N2O/c1-3-10-8-7-4-5-9(2)6-7/h7-8H,3-6H2,1-2H3. The molecule has 1 fully saturated rings. The lowest BCUT2D eigenvalue weighted by Crippen LogP contribution is -2.31. The number of hydrogen-bond acceptors (Lipinski definition) is 3. The minimum Gasteiger partial charge on any atom is -0.305 e. The minimum atomic E-state index is 0.546. The number of nitrogens with one attached hydrogen (secondary N) is 1. The van der Waals surface area contributed by atoms with E-state index >= 15 is 0 Å². The zero-order valence-electron chi connectivity index (χ0n) is 6.76. The monoisotopic (exact) mass is 144 g/mol. The highest BCUT2D eigenvalue weighted by Crippen LogP contribution is 2.05. The predicted octanol–water partition coefficient (Wildman–Crippen LogP) is 0.232. The molecule has 1 saturated heterocycles. The molecule has 60 valence electrons. The molecule has 0 amide bonds. The second-order valence-electron chi connectivity index (χ2n) is 2.80. The van der Waals surface area contributed by atoms with E-state index in [4.69, 9.17) is 4.84 Å². The fraction of sp³-hybridized carbons (Fsp3) is 1.00. The summed E-state index contributed by atoms with van der Waals surface area (Å²) in [6, 6.07) is 0.546. The fourth-order valence-corrected chi connectivity index (χ4v) is 1.23. The molecule has 0 radical (unpaired) electrons. The third-order valence-electron chi connectivity index (χ3n) is 1.79. The lowest BCUT2D eigenvalue weighted by Gasteiger charge is -2.10. The molecule has 1 N–H and O–H groups in total. The van der Waals surface area contributed by atoms with Crippen molar-refractivity contribution in [2.45, 2.75) is 19.4 Å². The van der Waals surface area contributed by atoms with Gasteiger partial charge in [0.15, 0.2) is 0 Å². The Morgan fingerprint density at radius 2 is 2.50 bits per heavy atom. The van der Waals surface area contributed by atoms with Gasteiger partial charge in [-0.15, -0.1) is 0 Å². The van der Waals surface area contributed by atoms with Gasteiger partial charge >= 0.3 is 0 Å². The van der Waals surface area contributed by atoms with E-state index in [1.54, 1.807) is 0 Å². The maximum atomic E-state index is 5.09. The van der Waals surface area contributed by atoms with Gasteiger partial charge in [0.05, 0.1) is 6.61 Å². The van der Waals surface area contributed by atoms with Crippen LogP contribution in [0.3, 0.4) is 0 Å². The summed E-state index contributed by atoms with van der Waals surface area (Å²) in [6.45, 7) is 5.04. The third-order valence-corrected chi connectivity index (χ3v) is 1.79. The molecule has 1 aliphatic rings. The van der Waals surface area contributed by atoms with Gasteiger partial charge in [0.1, 0.15) is 0 Å². The minimum absolute atomic E-state index is 0.546. The maximum Gasteiger partial charge on any atom is 0.0654 e. The molecule has 3 heteroatoms. The molecule has 3 nitrogen and oxygen atoms in total. The molecule has 10 heavy (non-hydrogen) atoms. The van der Waals surface area contributed by atoms with Crippen LogP contribution in [-0.2, 0) is 4.84 Å². The zero-order valence-corrected chi connectivity index (χ0v) is 6.76. The first-order valence-electron chi connectivity index (χ1n) is 3.88. The quantitative estimate of drug-likeness (QED) is 0.574. The molecular formula is C7H16N2O. The molecule has 0 spiro atoms. The summed E-state index contributed by atoms with van der Waals surface area (Å²) in [6.07, 6.45) is 1.20. The summed E-state index contributed by atoms with van der Waals surface area (Å²) in [4.78, 5) is 7.39. The smallest absolute Gasteiger partial charge is 0.0654 e. The van der Waals surface area contributed by atoms with Crippen LogP contribution in [0.5, 0.6) is 0 Å². The number of likely N-dealkylation sites (tertiary alicyclic amines) is 1. The van der Waals surface area contributed by atoms with E-state index in [-0.39, 0.29) is 0 Å². The van der Waals surface area contributed by atoms with Crippen molar-refractivity contribution in [2.75, 3.05) is 26.7 Å². The van der Waals surface area contributed by atoms with Gasteiger partial charge in [-0.1, -0.05) is 0 Å². The van der Waals surface area contributed by atoms with E-state index in [9.17, 15) is 0 Å². The normalized spacial score (nSPS) is 27.6. The molecule has 0 bridgehead atoms. The average molecular weight is 144 g/mol. The average Bonchev–Trinajstić information content (AvgIpc) is 2.31. The van der Waals surface area contributed by atoms with Crippen molar-refractivity contribution in [3.05, 3.63) is 0 Å². The summed E-state index contributed by atoms with van der Waals surface area (Å²) in [7, 11) is 2.13. The van der Waals surface area contributed by atoms with Gasteiger partial charge in [-0.2, -0.15) is 5.48 Å². The lowest BCUT2D eigenvalue weighted by atomic mass is 10.3. The van der Waals surface area contributed by atoms with Crippen LogP contribution in [0.4, 0.5) is 0 Å². The maximum absolute atomic E-state index is 5.09. The molecule has 0 aromatic carbocycles. The molecule has 0 saturated carbocycles. The first kappa shape index (κ1) is 7.98. The van der Waals surface area contributed by atoms with Gasteiger partial charge in [-0.3, -0.25) is 0 Å². The number of hydroxylamine groups is 1. The van der Waals surface area contributed by atoms with E-state index in [0.717, 1.165) is 13.2 Å². The van der Waals surface area contributed by atoms with Crippen molar-refractivity contribution in [2.24, 2.45) is 0 Å². The van der Waals surface area contributed by atoms with Crippen molar-refractivity contribution in [3.63, 3.8) is 0 Å². The Balaban J connectivity index is 2.06. The Labute approximate surface area is 62.3 Å². The molecule has 0 aromatic heterocycles. The Bertz CT molecular complexity index is 97.6. The lowest BCUT2D eigenvalue weighted by molar-refractivity contribution is 0.0273. The van der Waals surface area contributed by atoms with Gasteiger partial charge in [0, 0.05) is 12.6 Å². The summed E-state index contributed by atoms with van der Waals surface area (Å²) >= 11 is 0. The first-order chi connectivity index (χ1) is 4.83. The van der Waals surface area contributed by atoms with E-state index in [1.165, 1.54) is 13.0 Å². The van der Waals surface area contributed by atoms with Crippen molar-refractivity contribution < 1.29 is 4.84 Å². The summed E-state index contributed by atoms with van der Waals surface area (Å²) < 4.78 is 0. The van der Waals surface area contributed by atoms with Crippen molar-refractivity contribution in [3.8, 4) is 0 Å². The topological polar surface area (TPSA) is 24.5 Å². The van der Waals surface area contributed by atoms with Crippen LogP contribution >= 0.6 is 0 Å². The van der Waals surface area contributed by atoms with Crippen LogP contribution in [0.1, 0.15) is 13.3 Å². The van der Waals surface area contributed by atoms with Gasteiger partial charge in [-0.25, -0.2) is 0 Å².